The molecule has 1 aliphatic rings. The maximum atomic E-state index is 12.6. The highest BCUT2D eigenvalue weighted by molar-refractivity contribution is 7.53. The Hall–Kier alpha value is -1.96. The smallest absolute Gasteiger partial charge is 0.368 e. The molecule has 1 saturated carbocycles. The molecule has 0 aliphatic heterocycles. The molecule has 168 valence electrons. The number of nitrogen functional groups attached to an aromatic ring is 1. The van der Waals surface area contributed by atoms with Crippen LogP contribution in [0.2, 0.25) is 0 Å². The molecule has 1 aliphatic carbocycles. The molecule has 0 saturated heterocycles. The van der Waals surface area contributed by atoms with Gasteiger partial charge in [0.2, 0.25) is 5.95 Å². The number of imidazole rings is 1. The predicted octanol–water partition coefficient (Wildman–Crippen LogP) is 3.35. The van der Waals surface area contributed by atoms with Crippen molar-refractivity contribution in [3.8, 4) is 0 Å². The molecule has 0 amide bonds. The number of hydrogen-bond donors (Lipinski definition) is 2. The summed E-state index contributed by atoms with van der Waals surface area (Å²) in [6.45, 7) is -0.0385. The molecule has 3 N–H and O–H groups in total. The number of fused-ring (bicyclic) bond motifs is 1. The van der Waals surface area contributed by atoms with Gasteiger partial charge in [0, 0.05) is 0 Å². The lowest BCUT2D eigenvalue weighted by Gasteiger charge is -2.25. The van der Waals surface area contributed by atoms with Crippen LogP contribution in [-0.2, 0) is 20.7 Å². The summed E-state index contributed by atoms with van der Waals surface area (Å²) in [7, 11) is -5.43. The first-order valence-electron chi connectivity index (χ1n) is 8.45. The van der Waals surface area contributed by atoms with Crippen molar-refractivity contribution >= 4 is 24.7 Å². The third kappa shape index (κ3) is 5.80. The first kappa shape index (κ1) is 22.7. The van der Waals surface area contributed by atoms with Crippen molar-refractivity contribution in [2.45, 2.75) is 55.8 Å². The number of anilines is 1. The number of alkyl halides is 6. The number of aromatic nitrogens is 4. The quantitative estimate of drug-likeness (QED) is 0.264. The van der Waals surface area contributed by atoms with Crippen molar-refractivity contribution in [1.82, 2.24) is 19.5 Å². The molecular formula is C14H16F6N5O4P. The van der Waals surface area contributed by atoms with Crippen LogP contribution >= 0.6 is 7.60 Å². The van der Waals surface area contributed by atoms with Gasteiger partial charge in [-0.25, -0.2) is 14.9 Å². The summed E-state index contributed by atoms with van der Waals surface area (Å²) in [4.78, 5) is 26.4. The SMILES string of the molecule is Nc1ncc2ncn(CC3(OOP(=O)(O)C(CC(F)(F)F)CC(F)(F)F)CC3)c2n1. The Morgan fingerprint density at radius 3 is 2.33 bits per heavy atom. The lowest BCUT2D eigenvalue weighted by molar-refractivity contribution is -0.268. The molecule has 2 aromatic rings. The third-order valence-corrected chi connectivity index (χ3v) is 5.94. The van der Waals surface area contributed by atoms with E-state index < -0.39 is 44.1 Å². The first-order chi connectivity index (χ1) is 13.7. The van der Waals surface area contributed by atoms with Gasteiger partial charge in [-0.2, -0.15) is 31.3 Å². The summed E-state index contributed by atoms with van der Waals surface area (Å²) in [5.74, 6) is -0.0479. The van der Waals surface area contributed by atoms with Gasteiger partial charge in [0.05, 0.1) is 37.6 Å². The fourth-order valence-corrected chi connectivity index (χ4v) is 3.99. The molecule has 16 heteroatoms. The van der Waals surface area contributed by atoms with Gasteiger partial charge in [0.25, 0.3) is 0 Å². The third-order valence-electron chi connectivity index (χ3n) is 4.36. The number of nitrogens with zero attached hydrogens (tertiary/aromatic N) is 4. The van der Waals surface area contributed by atoms with Gasteiger partial charge in [-0.1, -0.05) is 0 Å². The molecule has 1 unspecified atom stereocenters. The Bertz CT molecular complexity index is 944. The van der Waals surface area contributed by atoms with Crippen LogP contribution < -0.4 is 5.73 Å². The number of halogens is 6. The Morgan fingerprint density at radius 1 is 1.20 bits per heavy atom. The van der Waals surface area contributed by atoms with Gasteiger partial charge < -0.3 is 15.2 Å². The van der Waals surface area contributed by atoms with Crippen LogP contribution in [0.25, 0.3) is 11.2 Å². The lowest BCUT2D eigenvalue weighted by atomic mass is 10.2. The van der Waals surface area contributed by atoms with Crippen LogP contribution in [0.5, 0.6) is 0 Å². The molecule has 0 radical (unpaired) electrons. The second kappa shape index (κ2) is 7.62. The van der Waals surface area contributed by atoms with E-state index in [0.29, 0.717) is 11.2 Å². The summed E-state index contributed by atoms with van der Waals surface area (Å²) < 4.78 is 93.5. The molecule has 0 spiro atoms. The maximum Gasteiger partial charge on any atom is 0.390 e. The van der Waals surface area contributed by atoms with Gasteiger partial charge in [-0.15, -0.1) is 4.67 Å². The van der Waals surface area contributed by atoms with Crippen LogP contribution in [0.15, 0.2) is 12.5 Å². The standard InChI is InChI=1S/C14H16F6N5O4P/c15-13(16,17)3-8(4-14(18,19)20)30(26,27)29-28-12(1-2-12)6-25-7-23-9-5-22-11(21)24-10(9)25/h5,7-8H,1-4,6H2,(H,26,27)(H2,21,22,24). The highest BCUT2D eigenvalue weighted by atomic mass is 31.2. The van der Waals surface area contributed by atoms with Crippen molar-refractivity contribution in [2.75, 3.05) is 5.73 Å². The minimum atomic E-state index is -5.43. The minimum absolute atomic E-state index is 0.0385. The van der Waals surface area contributed by atoms with E-state index in [1.807, 2.05) is 0 Å². The lowest BCUT2D eigenvalue weighted by Crippen LogP contribution is -2.28. The van der Waals surface area contributed by atoms with Crippen molar-refractivity contribution in [1.29, 1.82) is 0 Å². The van der Waals surface area contributed by atoms with Gasteiger partial charge in [0.1, 0.15) is 11.1 Å². The molecule has 2 aromatic heterocycles. The average molecular weight is 463 g/mol. The highest BCUT2D eigenvalue weighted by Gasteiger charge is 2.52. The Kier molecular flexibility index (Phi) is 5.77. The number of nitrogens with two attached hydrogens (primary N) is 1. The molecule has 2 heterocycles. The van der Waals surface area contributed by atoms with E-state index in [2.05, 4.69) is 19.6 Å². The Labute approximate surface area is 164 Å². The van der Waals surface area contributed by atoms with Crippen LogP contribution in [0, 0.1) is 0 Å². The number of rotatable bonds is 8. The summed E-state index contributed by atoms with van der Waals surface area (Å²) in [6.07, 6.45) is -11.3. The summed E-state index contributed by atoms with van der Waals surface area (Å²) >= 11 is 0. The van der Waals surface area contributed by atoms with E-state index in [0.717, 1.165) is 0 Å². The molecule has 1 atom stereocenters. The second-order valence-electron chi connectivity index (χ2n) is 7.01. The average Bonchev–Trinajstić information content (AvgIpc) is 3.24. The van der Waals surface area contributed by atoms with E-state index in [4.69, 9.17) is 10.6 Å². The van der Waals surface area contributed by atoms with Crippen molar-refractivity contribution < 1.29 is 45.4 Å². The van der Waals surface area contributed by atoms with Crippen LogP contribution in [0.3, 0.4) is 0 Å². The predicted molar refractivity (Wildman–Crippen MR) is 88.8 cm³/mol. The van der Waals surface area contributed by atoms with E-state index in [1.165, 1.54) is 17.1 Å². The first-order valence-corrected chi connectivity index (χ1v) is 10.1. The molecule has 1 fully saturated rings. The molecule has 0 aromatic carbocycles. The van der Waals surface area contributed by atoms with Crippen molar-refractivity contribution in [3.05, 3.63) is 12.5 Å². The highest BCUT2D eigenvalue weighted by Crippen LogP contribution is 2.57. The summed E-state index contributed by atoms with van der Waals surface area (Å²) in [5.41, 5.74) is 2.21. The monoisotopic (exact) mass is 463 g/mol. The molecular weight excluding hydrogens is 447 g/mol. The van der Waals surface area contributed by atoms with Gasteiger partial charge in [-0.05, 0) is 12.8 Å². The zero-order valence-electron chi connectivity index (χ0n) is 15.0. The zero-order valence-corrected chi connectivity index (χ0v) is 15.9. The van der Waals surface area contributed by atoms with Crippen molar-refractivity contribution in [2.24, 2.45) is 0 Å². The fourth-order valence-electron chi connectivity index (χ4n) is 2.73. The Balaban J connectivity index is 1.71. The molecule has 3 rings (SSSR count). The van der Waals surface area contributed by atoms with E-state index in [9.17, 15) is 35.8 Å². The molecule has 0 bridgehead atoms. The topological polar surface area (TPSA) is 125 Å². The van der Waals surface area contributed by atoms with E-state index >= 15 is 0 Å². The number of hydrogen-bond acceptors (Lipinski definition) is 7. The van der Waals surface area contributed by atoms with Crippen LogP contribution in [0.4, 0.5) is 32.3 Å². The van der Waals surface area contributed by atoms with Crippen molar-refractivity contribution in [3.63, 3.8) is 0 Å². The summed E-state index contributed by atoms with van der Waals surface area (Å²) in [6, 6.07) is 0. The second-order valence-corrected chi connectivity index (χ2v) is 9.01. The van der Waals surface area contributed by atoms with Crippen LogP contribution in [0.1, 0.15) is 25.7 Å². The minimum Gasteiger partial charge on any atom is -0.368 e. The maximum absolute atomic E-state index is 12.6. The zero-order chi connectivity index (χ0) is 22.4. The normalized spacial score (nSPS) is 18.7. The van der Waals surface area contributed by atoms with Gasteiger partial charge >= 0.3 is 19.9 Å². The van der Waals surface area contributed by atoms with E-state index in [-0.39, 0.29) is 25.3 Å². The van der Waals surface area contributed by atoms with Gasteiger partial charge in [0.15, 0.2) is 5.65 Å². The fraction of sp³-hybridized carbons (Fsp3) is 0.643. The Morgan fingerprint density at radius 2 is 1.80 bits per heavy atom. The molecule has 30 heavy (non-hydrogen) atoms. The largest absolute Gasteiger partial charge is 0.390 e. The van der Waals surface area contributed by atoms with Gasteiger partial charge in [-0.3, -0.25) is 4.57 Å². The summed E-state index contributed by atoms with van der Waals surface area (Å²) in [5, 5.41) is 0. The molecule has 9 nitrogen and oxygen atoms in total. The van der Waals surface area contributed by atoms with Crippen LogP contribution in [-0.4, -0.2) is 48.0 Å². The van der Waals surface area contributed by atoms with E-state index in [1.54, 1.807) is 0 Å².